The number of thiazole rings is 1. The van der Waals surface area contributed by atoms with Crippen LogP contribution in [0.25, 0.3) is 20.3 Å². The van der Waals surface area contributed by atoms with Crippen molar-refractivity contribution in [3.8, 4) is 23.8 Å². The molecule has 0 N–H and O–H groups in total. The van der Waals surface area contributed by atoms with E-state index in [0.29, 0.717) is 26.2 Å². The van der Waals surface area contributed by atoms with Gasteiger partial charge in [0.25, 0.3) is 5.91 Å². The van der Waals surface area contributed by atoms with Gasteiger partial charge in [-0.1, -0.05) is 47.1 Å². The van der Waals surface area contributed by atoms with Crippen LogP contribution in [0.4, 0.5) is 0 Å². The van der Waals surface area contributed by atoms with E-state index in [1.165, 1.54) is 22.7 Å². The minimum absolute atomic E-state index is 0.196. The Morgan fingerprint density at radius 3 is 2.79 bits per heavy atom. The molecular weight excluding hydrogens is 416 g/mol. The van der Waals surface area contributed by atoms with E-state index in [4.69, 9.17) is 27.5 Å². The van der Waals surface area contributed by atoms with Crippen molar-refractivity contribution < 1.29 is 14.3 Å². The summed E-state index contributed by atoms with van der Waals surface area (Å²) in [6.07, 6.45) is 5.54. The van der Waals surface area contributed by atoms with Crippen molar-refractivity contribution in [3.05, 3.63) is 51.1 Å². The molecule has 5 rings (SSSR count). The normalized spacial score (nSPS) is 13.4. The first-order valence-electron chi connectivity index (χ1n) is 8.28. The first-order chi connectivity index (χ1) is 13.7. The van der Waals surface area contributed by atoms with E-state index in [1.54, 1.807) is 0 Å². The van der Waals surface area contributed by atoms with Crippen molar-refractivity contribution in [2.24, 2.45) is 4.99 Å². The van der Waals surface area contributed by atoms with Crippen molar-refractivity contribution in [2.75, 3.05) is 6.79 Å². The fourth-order valence-electron chi connectivity index (χ4n) is 3.08. The Morgan fingerprint density at radius 2 is 2.00 bits per heavy atom. The number of hydrogen-bond donors (Lipinski definition) is 0. The van der Waals surface area contributed by atoms with Crippen LogP contribution in [0.3, 0.4) is 0 Å². The number of hydrogen-bond acceptors (Lipinski definition) is 5. The van der Waals surface area contributed by atoms with E-state index in [1.807, 2.05) is 41.0 Å². The number of nitrogens with zero attached hydrogens (tertiary/aromatic N) is 2. The molecule has 1 aliphatic heterocycles. The van der Waals surface area contributed by atoms with Crippen LogP contribution in [0.5, 0.6) is 11.5 Å². The fraction of sp³-hybridized carbons (Fsp3) is 0.100. The summed E-state index contributed by atoms with van der Waals surface area (Å²) in [5, 5.41) is 1.28. The topological polar surface area (TPSA) is 52.8 Å². The van der Waals surface area contributed by atoms with Crippen molar-refractivity contribution in [3.63, 3.8) is 0 Å². The lowest BCUT2D eigenvalue weighted by molar-refractivity contribution is 0.100. The molecule has 0 saturated heterocycles. The Morgan fingerprint density at radius 1 is 1.21 bits per heavy atom. The van der Waals surface area contributed by atoms with Gasteiger partial charge >= 0.3 is 0 Å². The predicted molar refractivity (Wildman–Crippen MR) is 111 cm³/mol. The maximum Gasteiger partial charge on any atom is 0.291 e. The number of thiophene rings is 1. The number of amides is 1. The highest BCUT2D eigenvalue weighted by Crippen LogP contribution is 2.37. The molecule has 2 aromatic carbocycles. The molecule has 0 saturated carbocycles. The molecule has 1 aliphatic rings. The van der Waals surface area contributed by atoms with E-state index in [9.17, 15) is 4.79 Å². The molecule has 0 aliphatic carbocycles. The number of aromatic nitrogens is 1. The van der Waals surface area contributed by atoms with Crippen LogP contribution in [-0.4, -0.2) is 17.3 Å². The zero-order valence-electron chi connectivity index (χ0n) is 14.3. The molecule has 8 heteroatoms. The van der Waals surface area contributed by atoms with Crippen molar-refractivity contribution in [1.29, 1.82) is 0 Å². The molecule has 138 valence electrons. The van der Waals surface area contributed by atoms with Crippen LogP contribution in [-0.2, 0) is 6.54 Å². The molecule has 0 bridgehead atoms. The van der Waals surface area contributed by atoms with E-state index in [0.717, 1.165) is 20.3 Å². The van der Waals surface area contributed by atoms with Gasteiger partial charge in [-0.05, 0) is 6.07 Å². The van der Waals surface area contributed by atoms with Gasteiger partial charge in [0, 0.05) is 22.2 Å². The number of terminal acetylenes is 1. The third-order valence-corrected chi connectivity index (χ3v) is 7.06. The molecule has 0 unspecified atom stereocenters. The number of carbonyl (C=O) groups is 1. The van der Waals surface area contributed by atoms with Crippen LogP contribution in [0.15, 0.2) is 41.4 Å². The Bertz CT molecular complexity index is 1370. The highest BCUT2D eigenvalue weighted by atomic mass is 35.5. The van der Waals surface area contributed by atoms with Gasteiger partial charge in [0.15, 0.2) is 16.3 Å². The van der Waals surface area contributed by atoms with Crippen molar-refractivity contribution >= 4 is 60.5 Å². The second-order valence-corrected chi connectivity index (χ2v) is 8.45. The van der Waals surface area contributed by atoms with Crippen molar-refractivity contribution in [2.45, 2.75) is 6.54 Å². The van der Waals surface area contributed by atoms with Gasteiger partial charge < -0.3 is 14.0 Å². The first kappa shape index (κ1) is 17.3. The van der Waals surface area contributed by atoms with E-state index < -0.39 is 0 Å². The van der Waals surface area contributed by atoms with Crippen molar-refractivity contribution in [1.82, 2.24) is 4.57 Å². The van der Waals surface area contributed by atoms with Crippen LogP contribution in [0, 0.1) is 12.3 Å². The van der Waals surface area contributed by atoms with Gasteiger partial charge in [0.2, 0.25) is 6.79 Å². The molecule has 4 aromatic rings. The minimum Gasteiger partial charge on any atom is -0.454 e. The monoisotopic (exact) mass is 426 g/mol. The quantitative estimate of drug-likeness (QED) is 0.437. The second-order valence-electron chi connectivity index (χ2n) is 6.01. The molecule has 5 nitrogen and oxygen atoms in total. The summed E-state index contributed by atoms with van der Waals surface area (Å²) in [6, 6.07) is 11.4. The molecule has 3 heterocycles. The summed E-state index contributed by atoms with van der Waals surface area (Å²) in [4.78, 5) is 18.2. The number of fused-ring (bicyclic) bond motifs is 3. The number of rotatable bonds is 2. The number of benzene rings is 2. The zero-order chi connectivity index (χ0) is 19.3. The summed E-state index contributed by atoms with van der Waals surface area (Å²) >= 11 is 9.13. The number of halogens is 1. The number of carbonyl (C=O) groups excluding carboxylic acids is 1. The van der Waals surface area contributed by atoms with Crippen LogP contribution >= 0.6 is 34.3 Å². The average Bonchev–Trinajstić information content (AvgIpc) is 3.37. The van der Waals surface area contributed by atoms with Crippen LogP contribution in [0.2, 0.25) is 5.02 Å². The van der Waals surface area contributed by atoms with E-state index in [-0.39, 0.29) is 19.2 Å². The summed E-state index contributed by atoms with van der Waals surface area (Å²) in [5.41, 5.74) is 0.848. The summed E-state index contributed by atoms with van der Waals surface area (Å²) in [6.45, 7) is 0.480. The largest absolute Gasteiger partial charge is 0.454 e. The SMILES string of the molecule is C#CCn1c(=NC(=O)c2sc3ccccc3c2Cl)sc2cc3c(cc21)OCO3. The first-order valence-corrected chi connectivity index (χ1v) is 10.3. The molecule has 1 amide bonds. The number of ether oxygens (including phenoxy) is 2. The van der Waals surface area contributed by atoms with Gasteiger partial charge in [-0.15, -0.1) is 17.8 Å². The summed E-state index contributed by atoms with van der Waals surface area (Å²) < 4.78 is 14.6. The Hall–Kier alpha value is -2.79. The Labute approximate surface area is 172 Å². The Balaban J connectivity index is 1.68. The molecular formula is C20H11ClN2O3S2. The molecule has 0 atom stereocenters. The molecule has 0 fully saturated rings. The lowest BCUT2D eigenvalue weighted by Gasteiger charge is -2.01. The lowest BCUT2D eigenvalue weighted by Crippen LogP contribution is -2.16. The smallest absolute Gasteiger partial charge is 0.291 e. The minimum atomic E-state index is -0.386. The third-order valence-electron chi connectivity index (χ3n) is 4.35. The predicted octanol–water partition coefficient (Wildman–Crippen LogP) is 4.67. The lowest BCUT2D eigenvalue weighted by atomic mass is 10.2. The molecule has 2 aromatic heterocycles. The molecule has 28 heavy (non-hydrogen) atoms. The molecule has 0 radical (unpaired) electrons. The standard InChI is InChI=1S/C20H11ClN2O3S2/c1-2-7-23-12-8-13-14(26-10-25-13)9-16(12)28-20(23)22-19(24)18-17(21)11-5-3-4-6-15(11)27-18/h1,3-6,8-9H,7,10H2. The maximum absolute atomic E-state index is 12.9. The maximum atomic E-state index is 12.9. The highest BCUT2D eigenvalue weighted by Gasteiger charge is 2.19. The van der Waals surface area contributed by atoms with Gasteiger partial charge in [-0.3, -0.25) is 4.79 Å². The van der Waals surface area contributed by atoms with Gasteiger partial charge in [-0.2, -0.15) is 4.99 Å². The average molecular weight is 427 g/mol. The van der Waals surface area contributed by atoms with Gasteiger partial charge in [0.05, 0.1) is 21.8 Å². The van der Waals surface area contributed by atoms with Crippen LogP contribution in [0.1, 0.15) is 9.67 Å². The van der Waals surface area contributed by atoms with E-state index >= 15 is 0 Å². The summed E-state index contributed by atoms with van der Waals surface area (Å²) in [7, 11) is 0. The van der Waals surface area contributed by atoms with E-state index in [2.05, 4.69) is 10.9 Å². The second kappa shape index (κ2) is 6.67. The van der Waals surface area contributed by atoms with Crippen LogP contribution < -0.4 is 14.3 Å². The van der Waals surface area contributed by atoms with Gasteiger partial charge in [-0.25, -0.2) is 0 Å². The molecule has 0 spiro atoms. The highest BCUT2D eigenvalue weighted by molar-refractivity contribution is 7.21. The third kappa shape index (κ3) is 2.69. The zero-order valence-corrected chi connectivity index (χ0v) is 16.7. The van der Waals surface area contributed by atoms with Gasteiger partial charge in [0.1, 0.15) is 4.88 Å². The Kier molecular flexibility index (Phi) is 4.13. The fourth-order valence-corrected chi connectivity index (χ4v) is 5.51. The summed E-state index contributed by atoms with van der Waals surface area (Å²) in [5.74, 6) is 3.56.